The first-order valence-electron chi connectivity index (χ1n) is 26.1. The van der Waals surface area contributed by atoms with Crippen molar-refractivity contribution >= 4 is 46.3 Å². The van der Waals surface area contributed by atoms with Crippen LogP contribution < -0.4 is 24.8 Å². The van der Waals surface area contributed by atoms with Gasteiger partial charge in [-0.05, 0) is 100 Å². The van der Waals surface area contributed by atoms with Crippen LogP contribution in [0.3, 0.4) is 0 Å². The van der Waals surface area contributed by atoms with Gasteiger partial charge < -0.3 is 24.8 Å². The van der Waals surface area contributed by atoms with Crippen LogP contribution in [0.2, 0.25) is 0 Å². The minimum absolute atomic E-state index is 0. The van der Waals surface area contributed by atoms with Crippen molar-refractivity contribution in [2.24, 2.45) is 0 Å². The van der Waals surface area contributed by atoms with E-state index in [0.717, 1.165) is 19.3 Å². The fourth-order valence-corrected chi connectivity index (χ4v) is 11.5. The summed E-state index contributed by atoms with van der Waals surface area (Å²) in [7, 11) is 0. The van der Waals surface area contributed by atoms with Gasteiger partial charge in [0.1, 0.15) is 0 Å². The minimum atomic E-state index is -0.0603. The number of hydrogen-bond acceptors (Lipinski definition) is 0. The molecule has 3 heteroatoms. The fourth-order valence-electron chi connectivity index (χ4n) is 10.5. The normalized spacial score (nSPS) is 11.9. The van der Waals surface area contributed by atoms with Crippen LogP contribution in [0.4, 0.5) is 0 Å². The van der Waals surface area contributed by atoms with Crippen molar-refractivity contribution in [3.63, 3.8) is 0 Å². The number of fused-ring (bicyclic) bond motifs is 5. The molecule has 0 aromatic heterocycles. The maximum atomic E-state index is 2.99. The van der Waals surface area contributed by atoms with Gasteiger partial charge in [0, 0.05) is 0 Å². The standard InChI is InChI=1S/C53H45.C15H14.C5H5.2ClH.Zr/c1-52(2,3)50-32-46-40(30-48(50)44-21-13-11-19-42(44)38-25-23-34-15-7-9-17-36(34)27-38)29-41-31-49(51(33-47(41)46)53(4,5)6)45-22-14-12-20-43(45)39-26-24-35-16-8-10-18-37(35)28-39;1-3-8-14(9-4-1)12-7-13-15-10-5-2-6-11-15;1-2-4-5-3-1;;;/h7-33H,1-6H3;1-6,8-11H,12-13H2;1-3H,4H2;2*1H;/q-1;;-1;;;+2/p-2. The van der Waals surface area contributed by atoms with E-state index in [2.05, 4.69) is 278 Å². The molecule has 0 radical (unpaired) electrons. The average Bonchev–Trinajstić information content (AvgIpc) is 4.16. The first-order valence-corrected chi connectivity index (χ1v) is 27.4. The second-order valence-corrected chi connectivity index (χ2v) is 23.5. The SMILES string of the molecule is CC(C)(C)c1cc2c(cc1-c1ccccc1-c1ccc3ccccc3c1)[cH-]c1cc(-c3ccccc3-c3ccc4ccccc4c3)c(C(C)(C)C)cc12.[C-]1=CC=CC1.[Cl-].[Cl-].[Zr+2]=[C](Cc1ccccc1)Cc1ccccc1. The summed E-state index contributed by atoms with van der Waals surface area (Å²) < 4.78 is 1.60. The molecule has 376 valence electrons. The van der Waals surface area contributed by atoms with Gasteiger partial charge >= 0.3 is 112 Å². The molecule has 0 spiro atoms. The zero-order valence-electron chi connectivity index (χ0n) is 44.5. The molecule has 12 rings (SSSR count). The molecule has 0 amide bonds. The van der Waals surface area contributed by atoms with Gasteiger partial charge in [0.05, 0.1) is 0 Å². The van der Waals surface area contributed by atoms with Crippen LogP contribution in [0.1, 0.15) is 70.2 Å². The summed E-state index contributed by atoms with van der Waals surface area (Å²) in [5.74, 6) is 0. The van der Waals surface area contributed by atoms with Crippen molar-refractivity contribution in [3.05, 3.63) is 271 Å². The number of benzene rings is 10. The van der Waals surface area contributed by atoms with Crippen LogP contribution in [0, 0.1) is 6.08 Å². The van der Waals surface area contributed by atoms with Gasteiger partial charge in [-0.2, -0.15) is 6.08 Å². The maximum absolute atomic E-state index is 2.99. The van der Waals surface area contributed by atoms with E-state index in [1.807, 2.05) is 12.2 Å². The first-order chi connectivity index (χ1) is 35.9. The molecule has 0 unspecified atom stereocenters. The van der Waals surface area contributed by atoms with Crippen molar-refractivity contribution in [2.45, 2.75) is 71.6 Å². The predicted molar refractivity (Wildman–Crippen MR) is 318 cm³/mol. The second kappa shape index (κ2) is 24.6. The molecule has 1 aliphatic carbocycles. The molecule has 0 saturated heterocycles. The van der Waals surface area contributed by atoms with Gasteiger partial charge in [-0.3, -0.25) is 6.08 Å². The van der Waals surface area contributed by atoms with Crippen LogP contribution in [0.15, 0.2) is 243 Å². The molecule has 1 aliphatic rings. The summed E-state index contributed by atoms with van der Waals surface area (Å²) >= 11 is 1.55. The van der Waals surface area contributed by atoms with Crippen molar-refractivity contribution in [3.8, 4) is 44.5 Å². The van der Waals surface area contributed by atoms with E-state index < -0.39 is 0 Å². The molecule has 0 fully saturated rings. The monoisotopic (exact) mass is 1100 g/mol. The number of halogens is 2. The molecule has 0 heterocycles. The van der Waals surface area contributed by atoms with Gasteiger partial charge in [0.25, 0.3) is 0 Å². The number of allylic oxidation sites excluding steroid dienone is 4. The molecule has 0 N–H and O–H groups in total. The topological polar surface area (TPSA) is 0 Å². The number of rotatable bonds is 8. The van der Waals surface area contributed by atoms with Gasteiger partial charge in [-0.15, -0.1) is 46.2 Å². The Morgan fingerprint density at radius 3 is 1.17 bits per heavy atom. The summed E-state index contributed by atoms with van der Waals surface area (Å²) in [5, 5.41) is 10.3. The predicted octanol–water partition coefficient (Wildman–Crippen LogP) is 13.8. The molecule has 11 aromatic carbocycles. The Morgan fingerprint density at radius 1 is 0.421 bits per heavy atom. The summed E-state index contributed by atoms with van der Waals surface area (Å²) in [5.41, 5.74) is 15.7. The van der Waals surface area contributed by atoms with E-state index in [-0.39, 0.29) is 35.6 Å². The fraction of sp³-hybridized carbons (Fsp3) is 0.151. The Bertz CT molecular complexity index is 3590. The van der Waals surface area contributed by atoms with E-state index in [1.54, 1.807) is 27.4 Å². The van der Waals surface area contributed by atoms with Crippen molar-refractivity contribution in [1.29, 1.82) is 0 Å². The Hall–Kier alpha value is -6.60. The Kier molecular flexibility index (Phi) is 18.0. The summed E-state index contributed by atoms with van der Waals surface area (Å²) in [4.78, 5) is 0. The van der Waals surface area contributed by atoms with Crippen molar-refractivity contribution in [2.75, 3.05) is 0 Å². The molecule has 0 aliphatic heterocycles. The Labute approximate surface area is 478 Å². The third kappa shape index (κ3) is 12.8. The molecule has 0 atom stereocenters. The van der Waals surface area contributed by atoms with Crippen LogP contribution >= 0.6 is 0 Å². The Morgan fingerprint density at radius 2 is 0.803 bits per heavy atom. The third-order valence-corrected chi connectivity index (χ3v) is 15.1. The summed E-state index contributed by atoms with van der Waals surface area (Å²) in [6.07, 6.45) is 12.2. The van der Waals surface area contributed by atoms with Crippen LogP contribution in [-0.2, 0) is 47.9 Å². The first kappa shape index (κ1) is 55.6. The molecule has 11 aromatic rings. The zero-order chi connectivity index (χ0) is 51.2. The molecular weight excluding hydrogens is 1040 g/mol. The zero-order valence-corrected chi connectivity index (χ0v) is 48.4. The molecule has 76 heavy (non-hydrogen) atoms. The average molecular weight is 1100 g/mol. The van der Waals surface area contributed by atoms with Crippen LogP contribution in [-0.4, -0.2) is 3.21 Å². The summed E-state index contributed by atoms with van der Waals surface area (Å²) in [6.45, 7) is 14.1. The molecule has 0 bridgehead atoms. The van der Waals surface area contributed by atoms with E-state index >= 15 is 0 Å². The van der Waals surface area contributed by atoms with E-state index in [1.165, 1.54) is 110 Å². The van der Waals surface area contributed by atoms with Gasteiger partial charge in [0.2, 0.25) is 0 Å². The van der Waals surface area contributed by atoms with Crippen LogP contribution in [0.25, 0.3) is 87.6 Å². The quantitative estimate of drug-likeness (QED) is 0.133. The van der Waals surface area contributed by atoms with E-state index in [4.69, 9.17) is 0 Å². The van der Waals surface area contributed by atoms with Crippen molar-refractivity contribution in [1.82, 2.24) is 0 Å². The van der Waals surface area contributed by atoms with E-state index in [9.17, 15) is 0 Å². The van der Waals surface area contributed by atoms with E-state index in [0.29, 0.717) is 0 Å². The van der Waals surface area contributed by atoms with Crippen LogP contribution in [0.5, 0.6) is 0 Å². The van der Waals surface area contributed by atoms with Crippen molar-refractivity contribution < 1.29 is 49.0 Å². The molecular formula is C73H64Cl2Zr-2. The number of hydrogen-bond donors (Lipinski definition) is 0. The Balaban J connectivity index is 0.000000277. The van der Waals surface area contributed by atoms with Gasteiger partial charge in [-0.1, -0.05) is 175 Å². The van der Waals surface area contributed by atoms with Gasteiger partial charge in [0.15, 0.2) is 0 Å². The van der Waals surface area contributed by atoms with Gasteiger partial charge in [-0.25, -0.2) is 12.2 Å². The third-order valence-electron chi connectivity index (χ3n) is 14.3. The summed E-state index contributed by atoms with van der Waals surface area (Å²) in [6, 6.07) is 82.7. The second-order valence-electron chi connectivity index (χ2n) is 21.8. The molecule has 0 nitrogen and oxygen atoms in total. The molecule has 0 saturated carbocycles.